The van der Waals surface area contributed by atoms with E-state index < -0.39 is 0 Å². The number of nitrogens with one attached hydrogen (secondary N) is 1. The average Bonchev–Trinajstić information content (AvgIpc) is 2.32. The first-order valence-corrected chi connectivity index (χ1v) is 4.45. The van der Waals surface area contributed by atoms with Crippen LogP contribution in [0.1, 0.15) is 10.4 Å². The summed E-state index contributed by atoms with van der Waals surface area (Å²) in [4.78, 5) is 19.1. The van der Waals surface area contributed by atoms with E-state index in [1.165, 1.54) is 17.7 Å². The fourth-order valence-electron chi connectivity index (χ4n) is 1.15. The summed E-state index contributed by atoms with van der Waals surface area (Å²) in [5, 5.41) is 0. The largest absolute Gasteiger partial charge is 0.312 e. The van der Waals surface area contributed by atoms with Gasteiger partial charge in [-0.15, -0.1) is 11.3 Å². The summed E-state index contributed by atoms with van der Waals surface area (Å²) in [6.45, 7) is 3.99. The molecule has 0 saturated heterocycles. The Kier molecular flexibility index (Phi) is 1.51. The molecule has 0 aliphatic carbocycles. The summed E-state index contributed by atoms with van der Waals surface area (Å²) < 4.78 is 0.729. The Hall–Kier alpha value is -1.16. The molecule has 3 nitrogen and oxygen atoms in total. The van der Waals surface area contributed by atoms with Gasteiger partial charge in [0.05, 0.1) is 11.8 Å². The van der Waals surface area contributed by atoms with Gasteiger partial charge in [-0.3, -0.25) is 4.79 Å². The minimum absolute atomic E-state index is 0.0406. The maximum atomic E-state index is 11.3. The van der Waals surface area contributed by atoms with Gasteiger partial charge in [-0.1, -0.05) is 0 Å². The maximum Gasteiger partial charge on any atom is 0.268 e. The zero-order chi connectivity index (χ0) is 8.72. The lowest BCUT2D eigenvalue weighted by molar-refractivity contribution is 1.17. The highest BCUT2D eigenvalue weighted by atomic mass is 32.1. The van der Waals surface area contributed by atoms with Gasteiger partial charge >= 0.3 is 0 Å². The Labute approximate surface area is 73.1 Å². The molecule has 0 unspecified atom stereocenters. The van der Waals surface area contributed by atoms with E-state index in [4.69, 9.17) is 0 Å². The molecule has 0 amide bonds. The fraction of sp³-hybridized carbons (Fsp3) is 0.250. The second-order valence-electron chi connectivity index (χ2n) is 2.69. The van der Waals surface area contributed by atoms with Crippen LogP contribution in [0.4, 0.5) is 0 Å². The third-order valence-electron chi connectivity index (χ3n) is 1.95. The zero-order valence-electron chi connectivity index (χ0n) is 6.84. The topological polar surface area (TPSA) is 45.8 Å². The van der Waals surface area contributed by atoms with Crippen molar-refractivity contribution in [1.29, 1.82) is 0 Å². The van der Waals surface area contributed by atoms with Crippen molar-refractivity contribution in [2.75, 3.05) is 0 Å². The number of aromatic amines is 1. The van der Waals surface area contributed by atoms with Crippen molar-refractivity contribution in [3.8, 4) is 0 Å². The van der Waals surface area contributed by atoms with Gasteiger partial charge in [0.2, 0.25) is 0 Å². The number of rotatable bonds is 0. The number of aromatic nitrogens is 2. The lowest BCUT2D eigenvalue weighted by atomic mass is 10.2. The summed E-state index contributed by atoms with van der Waals surface area (Å²) in [6, 6.07) is 0. The molecule has 0 aromatic carbocycles. The summed E-state index contributed by atoms with van der Waals surface area (Å²) in [5.41, 5.74) is 1.91. The van der Waals surface area contributed by atoms with E-state index in [-0.39, 0.29) is 5.56 Å². The fourth-order valence-corrected chi connectivity index (χ4v) is 2.16. The number of fused-ring (bicyclic) bond motifs is 1. The van der Waals surface area contributed by atoms with Crippen LogP contribution in [0.25, 0.3) is 10.2 Å². The maximum absolute atomic E-state index is 11.3. The number of H-pyrrole nitrogens is 1. The van der Waals surface area contributed by atoms with Crippen molar-refractivity contribution < 1.29 is 0 Å². The van der Waals surface area contributed by atoms with Gasteiger partial charge in [-0.25, -0.2) is 4.98 Å². The van der Waals surface area contributed by atoms with Gasteiger partial charge in [0.15, 0.2) is 0 Å². The van der Waals surface area contributed by atoms with Crippen molar-refractivity contribution in [2.24, 2.45) is 0 Å². The number of nitrogens with zero attached hydrogens (tertiary/aromatic N) is 1. The van der Waals surface area contributed by atoms with Crippen LogP contribution in [-0.2, 0) is 0 Å². The Morgan fingerprint density at radius 1 is 1.50 bits per heavy atom. The van der Waals surface area contributed by atoms with Gasteiger partial charge in [0.1, 0.15) is 4.70 Å². The molecule has 0 bridgehead atoms. The average molecular weight is 180 g/mol. The quantitative estimate of drug-likeness (QED) is 0.669. The van der Waals surface area contributed by atoms with E-state index >= 15 is 0 Å². The molecule has 12 heavy (non-hydrogen) atoms. The Morgan fingerprint density at radius 2 is 2.25 bits per heavy atom. The van der Waals surface area contributed by atoms with Crippen molar-refractivity contribution >= 4 is 21.6 Å². The monoisotopic (exact) mass is 180 g/mol. The molecule has 0 atom stereocenters. The third kappa shape index (κ3) is 0.881. The Balaban J connectivity index is 3.05. The SMILES string of the molecule is Cc1sc2c(=O)[nH]cnc2c1C. The van der Waals surface area contributed by atoms with E-state index in [1.807, 2.05) is 13.8 Å². The van der Waals surface area contributed by atoms with Crippen LogP contribution in [0, 0.1) is 13.8 Å². The second-order valence-corrected chi connectivity index (χ2v) is 3.92. The van der Waals surface area contributed by atoms with Crippen LogP contribution >= 0.6 is 11.3 Å². The van der Waals surface area contributed by atoms with Crippen molar-refractivity contribution in [3.05, 3.63) is 27.1 Å². The molecular weight excluding hydrogens is 172 g/mol. The number of hydrogen-bond donors (Lipinski definition) is 1. The van der Waals surface area contributed by atoms with Crippen LogP contribution < -0.4 is 5.56 Å². The van der Waals surface area contributed by atoms with E-state index in [1.54, 1.807) is 0 Å². The molecule has 0 aliphatic heterocycles. The molecule has 0 aliphatic rings. The van der Waals surface area contributed by atoms with Crippen LogP contribution in [0.5, 0.6) is 0 Å². The van der Waals surface area contributed by atoms with Gasteiger partial charge < -0.3 is 4.98 Å². The van der Waals surface area contributed by atoms with E-state index in [9.17, 15) is 4.79 Å². The lowest BCUT2D eigenvalue weighted by Crippen LogP contribution is -2.03. The molecule has 1 N–H and O–H groups in total. The minimum atomic E-state index is -0.0406. The predicted octanol–water partition coefficient (Wildman–Crippen LogP) is 1.60. The second kappa shape index (κ2) is 2.42. The third-order valence-corrected chi connectivity index (χ3v) is 3.14. The highest BCUT2D eigenvalue weighted by Crippen LogP contribution is 2.24. The van der Waals surface area contributed by atoms with Gasteiger partial charge in [0, 0.05) is 4.88 Å². The smallest absolute Gasteiger partial charge is 0.268 e. The molecule has 2 aromatic heterocycles. The predicted molar refractivity (Wildman–Crippen MR) is 49.7 cm³/mol. The number of aryl methyl sites for hydroxylation is 2. The summed E-state index contributed by atoms with van der Waals surface area (Å²) in [6.07, 6.45) is 1.45. The van der Waals surface area contributed by atoms with Crippen molar-refractivity contribution in [3.63, 3.8) is 0 Å². The van der Waals surface area contributed by atoms with Crippen LogP contribution in [-0.4, -0.2) is 9.97 Å². The molecule has 62 valence electrons. The lowest BCUT2D eigenvalue weighted by Gasteiger charge is -1.87. The highest BCUT2D eigenvalue weighted by Gasteiger charge is 2.07. The molecule has 0 fully saturated rings. The Bertz CT molecular complexity index is 483. The van der Waals surface area contributed by atoms with E-state index in [2.05, 4.69) is 9.97 Å². The van der Waals surface area contributed by atoms with E-state index in [0.717, 1.165) is 20.7 Å². The minimum Gasteiger partial charge on any atom is -0.312 e. The Morgan fingerprint density at radius 3 is 2.92 bits per heavy atom. The summed E-state index contributed by atoms with van der Waals surface area (Å²) in [7, 11) is 0. The van der Waals surface area contributed by atoms with Crippen LogP contribution in [0.15, 0.2) is 11.1 Å². The molecule has 2 heterocycles. The molecule has 2 rings (SSSR count). The molecular formula is C8H8N2OS. The van der Waals surface area contributed by atoms with Crippen LogP contribution in [0.3, 0.4) is 0 Å². The zero-order valence-corrected chi connectivity index (χ0v) is 7.66. The molecule has 0 spiro atoms. The number of thiophene rings is 1. The number of hydrogen-bond acceptors (Lipinski definition) is 3. The van der Waals surface area contributed by atoms with Gasteiger partial charge in [-0.05, 0) is 19.4 Å². The summed E-state index contributed by atoms with van der Waals surface area (Å²) in [5.74, 6) is 0. The molecule has 0 saturated carbocycles. The van der Waals surface area contributed by atoms with Crippen LogP contribution in [0.2, 0.25) is 0 Å². The standard InChI is InChI=1S/C8H8N2OS/c1-4-5(2)12-7-6(4)9-3-10-8(7)11/h3H,1-2H3,(H,9,10,11). The summed E-state index contributed by atoms with van der Waals surface area (Å²) >= 11 is 1.50. The molecule has 0 radical (unpaired) electrons. The normalized spacial score (nSPS) is 10.8. The van der Waals surface area contributed by atoms with Gasteiger partial charge in [0.25, 0.3) is 5.56 Å². The first-order valence-electron chi connectivity index (χ1n) is 3.63. The van der Waals surface area contributed by atoms with Crippen molar-refractivity contribution in [2.45, 2.75) is 13.8 Å². The highest BCUT2D eigenvalue weighted by molar-refractivity contribution is 7.19. The molecule has 2 aromatic rings. The van der Waals surface area contributed by atoms with Crippen molar-refractivity contribution in [1.82, 2.24) is 9.97 Å². The first-order chi connectivity index (χ1) is 5.70. The van der Waals surface area contributed by atoms with Gasteiger partial charge in [-0.2, -0.15) is 0 Å². The first kappa shape index (κ1) is 7.49. The van der Waals surface area contributed by atoms with E-state index in [0.29, 0.717) is 0 Å². The molecule has 4 heteroatoms.